The van der Waals surface area contributed by atoms with E-state index in [4.69, 9.17) is 5.14 Å². The number of amides is 1. The standard InChI is InChI=1S/C19H29N3O3S/c1-14-11-15-12-17(26(20,24)25)9-10-18(15)22(14)13-19(23)21-16-7-5-3-2-4-6-8-16/h9-10,12,14,16H,2-8,11,13H2,1H3,(H,21,23)(H2,20,24,25). The van der Waals surface area contributed by atoms with Crippen LogP contribution >= 0.6 is 0 Å². The highest BCUT2D eigenvalue weighted by Gasteiger charge is 2.29. The van der Waals surface area contributed by atoms with E-state index in [1.807, 2.05) is 0 Å². The van der Waals surface area contributed by atoms with Gasteiger partial charge in [0.05, 0.1) is 11.4 Å². The van der Waals surface area contributed by atoms with Crippen LogP contribution in [0.15, 0.2) is 23.1 Å². The molecule has 0 radical (unpaired) electrons. The normalized spacial score (nSPS) is 21.8. The highest BCUT2D eigenvalue weighted by atomic mass is 32.2. The molecule has 1 aromatic rings. The van der Waals surface area contributed by atoms with Gasteiger partial charge in [-0.1, -0.05) is 32.1 Å². The zero-order valence-corrected chi connectivity index (χ0v) is 16.2. The maximum absolute atomic E-state index is 12.6. The number of rotatable bonds is 4. The third-order valence-electron chi connectivity index (χ3n) is 5.52. The zero-order chi connectivity index (χ0) is 18.7. The van der Waals surface area contributed by atoms with Gasteiger partial charge in [0.15, 0.2) is 0 Å². The first-order valence-electron chi connectivity index (χ1n) is 9.56. The third-order valence-corrected chi connectivity index (χ3v) is 6.43. The number of nitrogens with zero attached hydrogens (tertiary/aromatic N) is 1. The van der Waals surface area contributed by atoms with Crippen LogP contribution in [-0.4, -0.2) is 33.0 Å². The minimum absolute atomic E-state index is 0.0470. The number of benzene rings is 1. The fourth-order valence-corrected chi connectivity index (χ4v) is 4.68. The van der Waals surface area contributed by atoms with Crippen LogP contribution in [0.1, 0.15) is 57.4 Å². The van der Waals surface area contributed by atoms with Gasteiger partial charge in [0.25, 0.3) is 0 Å². The summed E-state index contributed by atoms with van der Waals surface area (Å²) in [7, 11) is -3.71. The number of hydrogen-bond donors (Lipinski definition) is 2. The first-order valence-corrected chi connectivity index (χ1v) is 11.1. The number of nitrogens with one attached hydrogen (secondary N) is 1. The monoisotopic (exact) mass is 379 g/mol. The summed E-state index contributed by atoms with van der Waals surface area (Å²) in [5.41, 5.74) is 1.86. The molecule has 2 aliphatic rings. The SMILES string of the molecule is CC1Cc2cc(S(N)(=O)=O)ccc2N1CC(=O)NC1CCCCCCC1. The van der Waals surface area contributed by atoms with E-state index >= 15 is 0 Å². The van der Waals surface area contributed by atoms with Crippen LogP contribution in [-0.2, 0) is 21.2 Å². The van der Waals surface area contributed by atoms with E-state index in [2.05, 4.69) is 17.1 Å². The number of carbonyl (C=O) groups is 1. The molecule has 144 valence electrons. The van der Waals surface area contributed by atoms with Crippen LogP contribution in [0.2, 0.25) is 0 Å². The second-order valence-corrected chi connectivity index (χ2v) is 9.19. The predicted octanol–water partition coefficient (Wildman–Crippen LogP) is 2.31. The molecule has 1 fully saturated rings. The smallest absolute Gasteiger partial charge is 0.239 e. The van der Waals surface area contributed by atoms with Crippen molar-refractivity contribution in [2.75, 3.05) is 11.4 Å². The van der Waals surface area contributed by atoms with Crippen molar-refractivity contribution in [3.8, 4) is 0 Å². The molecule has 0 aromatic heterocycles. The Morgan fingerprint density at radius 3 is 2.50 bits per heavy atom. The van der Waals surface area contributed by atoms with E-state index in [9.17, 15) is 13.2 Å². The number of primary sulfonamides is 1. The molecule has 3 rings (SSSR count). The quantitative estimate of drug-likeness (QED) is 0.840. The van der Waals surface area contributed by atoms with Crippen LogP contribution < -0.4 is 15.4 Å². The molecular weight excluding hydrogens is 350 g/mol. The summed E-state index contributed by atoms with van der Waals surface area (Å²) in [5.74, 6) is 0.0470. The van der Waals surface area contributed by atoms with E-state index in [1.54, 1.807) is 12.1 Å². The summed E-state index contributed by atoms with van der Waals surface area (Å²) >= 11 is 0. The molecule has 0 saturated heterocycles. The van der Waals surface area contributed by atoms with Gasteiger partial charge >= 0.3 is 0 Å². The lowest BCUT2D eigenvalue weighted by atomic mass is 9.97. The molecule has 1 amide bonds. The van der Waals surface area contributed by atoms with E-state index in [0.29, 0.717) is 6.54 Å². The van der Waals surface area contributed by atoms with Crippen molar-refractivity contribution in [2.45, 2.75) is 75.3 Å². The number of anilines is 1. The average molecular weight is 380 g/mol. The third kappa shape index (κ3) is 4.57. The fraction of sp³-hybridized carbons (Fsp3) is 0.632. The lowest BCUT2D eigenvalue weighted by Gasteiger charge is -2.27. The van der Waals surface area contributed by atoms with E-state index in [1.165, 1.54) is 38.2 Å². The Labute approximate surface area is 156 Å². The second-order valence-electron chi connectivity index (χ2n) is 7.63. The number of fused-ring (bicyclic) bond motifs is 1. The van der Waals surface area contributed by atoms with Gasteiger partial charge in [-0.15, -0.1) is 0 Å². The van der Waals surface area contributed by atoms with Crippen LogP contribution in [0.25, 0.3) is 0 Å². The molecule has 6 nitrogen and oxygen atoms in total. The summed E-state index contributed by atoms with van der Waals surface area (Å²) in [5, 5.41) is 8.43. The maximum atomic E-state index is 12.6. The van der Waals surface area contributed by atoms with Crippen molar-refractivity contribution in [1.82, 2.24) is 5.32 Å². The average Bonchev–Trinajstić information content (AvgIpc) is 2.84. The van der Waals surface area contributed by atoms with Gasteiger partial charge in [-0.2, -0.15) is 0 Å². The fourth-order valence-electron chi connectivity index (χ4n) is 4.12. The van der Waals surface area contributed by atoms with E-state index in [-0.39, 0.29) is 22.9 Å². The van der Waals surface area contributed by atoms with Crippen LogP contribution in [0, 0.1) is 0 Å². The van der Waals surface area contributed by atoms with Gasteiger partial charge in [0.1, 0.15) is 0 Å². The molecule has 26 heavy (non-hydrogen) atoms. The Balaban J connectivity index is 1.66. The molecule has 1 atom stereocenters. The molecule has 3 N–H and O–H groups in total. The summed E-state index contributed by atoms with van der Waals surface area (Å²) < 4.78 is 23.1. The molecule has 7 heteroatoms. The van der Waals surface area contributed by atoms with Gasteiger partial charge in [-0.05, 0) is 49.9 Å². The minimum Gasteiger partial charge on any atom is -0.359 e. The topological polar surface area (TPSA) is 92.5 Å². The van der Waals surface area contributed by atoms with Crippen molar-refractivity contribution in [3.63, 3.8) is 0 Å². The van der Waals surface area contributed by atoms with E-state index < -0.39 is 10.0 Å². The number of carbonyl (C=O) groups excluding carboxylic acids is 1. The Morgan fingerprint density at radius 2 is 1.85 bits per heavy atom. The summed E-state index contributed by atoms with van der Waals surface area (Å²) in [6, 6.07) is 5.36. The number of hydrogen-bond acceptors (Lipinski definition) is 4. The molecule has 0 spiro atoms. The summed E-state index contributed by atoms with van der Waals surface area (Å²) in [6.45, 7) is 2.36. The van der Waals surface area contributed by atoms with Crippen LogP contribution in [0.3, 0.4) is 0 Å². The summed E-state index contributed by atoms with van der Waals surface area (Å²) in [4.78, 5) is 14.8. The van der Waals surface area contributed by atoms with Crippen molar-refractivity contribution in [2.24, 2.45) is 5.14 Å². The highest BCUT2D eigenvalue weighted by molar-refractivity contribution is 7.89. The lowest BCUT2D eigenvalue weighted by molar-refractivity contribution is -0.120. The van der Waals surface area contributed by atoms with E-state index in [0.717, 1.165) is 30.5 Å². The first-order chi connectivity index (χ1) is 12.3. The maximum Gasteiger partial charge on any atom is 0.239 e. The highest BCUT2D eigenvalue weighted by Crippen LogP contribution is 2.33. The largest absolute Gasteiger partial charge is 0.359 e. The molecule has 1 aliphatic heterocycles. The first kappa shape index (κ1) is 19.2. The lowest BCUT2D eigenvalue weighted by Crippen LogP contribution is -2.44. The Kier molecular flexibility index (Phi) is 5.87. The molecule has 1 heterocycles. The Hall–Kier alpha value is -1.60. The zero-order valence-electron chi connectivity index (χ0n) is 15.4. The second kappa shape index (κ2) is 7.96. The van der Waals surface area contributed by atoms with Gasteiger partial charge in [-0.3, -0.25) is 4.79 Å². The van der Waals surface area contributed by atoms with Gasteiger partial charge in [0.2, 0.25) is 15.9 Å². The van der Waals surface area contributed by atoms with Crippen molar-refractivity contribution < 1.29 is 13.2 Å². The predicted molar refractivity (Wildman–Crippen MR) is 103 cm³/mol. The molecule has 1 aliphatic carbocycles. The Bertz CT molecular complexity index is 755. The van der Waals surface area contributed by atoms with Crippen LogP contribution in [0.4, 0.5) is 5.69 Å². The summed E-state index contributed by atoms with van der Waals surface area (Å²) in [6.07, 6.45) is 9.04. The van der Waals surface area contributed by atoms with Crippen LogP contribution in [0.5, 0.6) is 0 Å². The minimum atomic E-state index is -3.71. The van der Waals surface area contributed by atoms with Crippen molar-refractivity contribution >= 4 is 21.6 Å². The number of nitrogens with two attached hydrogens (primary N) is 1. The van der Waals surface area contributed by atoms with Gasteiger partial charge in [0, 0.05) is 17.8 Å². The molecular formula is C19H29N3O3S. The van der Waals surface area contributed by atoms with Gasteiger partial charge in [-0.25, -0.2) is 13.6 Å². The Morgan fingerprint density at radius 1 is 1.19 bits per heavy atom. The van der Waals surface area contributed by atoms with Crippen molar-refractivity contribution in [3.05, 3.63) is 23.8 Å². The number of sulfonamides is 1. The van der Waals surface area contributed by atoms with Gasteiger partial charge < -0.3 is 10.2 Å². The molecule has 0 bridgehead atoms. The molecule has 1 aromatic carbocycles. The molecule has 1 unspecified atom stereocenters. The van der Waals surface area contributed by atoms with Crippen molar-refractivity contribution in [1.29, 1.82) is 0 Å². The molecule has 1 saturated carbocycles.